The van der Waals surface area contributed by atoms with Gasteiger partial charge >= 0.3 is 0 Å². The molecule has 0 atom stereocenters. The Morgan fingerprint density at radius 1 is 0.769 bits per heavy atom. The van der Waals surface area contributed by atoms with E-state index in [1.165, 1.54) is 52.1 Å². The molecule has 1 aromatic heterocycles. The van der Waals surface area contributed by atoms with Crippen LogP contribution in [0.4, 0.5) is 11.5 Å². The summed E-state index contributed by atoms with van der Waals surface area (Å²) in [6.07, 6.45) is 10.0. The summed E-state index contributed by atoms with van der Waals surface area (Å²) in [5, 5.41) is 5.67. The van der Waals surface area contributed by atoms with Crippen LogP contribution in [0.25, 0.3) is 0 Å². The van der Waals surface area contributed by atoms with Gasteiger partial charge in [0.1, 0.15) is 17.3 Å². The molecule has 39 heavy (non-hydrogen) atoms. The normalized spacial score (nSPS) is 10.7. The number of aryl methyl sites for hydroxylation is 2. The smallest absolute Gasteiger partial charge is 0.256 e. The summed E-state index contributed by atoms with van der Waals surface area (Å²) >= 11 is 0. The molecule has 1 heterocycles. The Kier molecular flexibility index (Phi) is 11.8. The maximum absolute atomic E-state index is 12.9. The van der Waals surface area contributed by atoms with Gasteiger partial charge in [-0.05, 0) is 80.4 Å². The molecule has 3 rings (SSSR count). The average Bonchev–Trinajstić information content (AvgIpc) is 2.91. The lowest BCUT2D eigenvalue weighted by atomic mass is 10.1. The second kappa shape index (κ2) is 15.5. The molecule has 0 radical (unpaired) electrons. The summed E-state index contributed by atoms with van der Waals surface area (Å²) in [6, 6.07) is 15.7. The zero-order chi connectivity index (χ0) is 28.0. The first-order valence-electron chi connectivity index (χ1n) is 13.9. The summed E-state index contributed by atoms with van der Waals surface area (Å²) in [5.41, 5.74) is 3.07. The van der Waals surface area contributed by atoms with Crippen LogP contribution in [-0.2, 0) is 0 Å². The van der Waals surface area contributed by atoms with Gasteiger partial charge in [-0.3, -0.25) is 9.59 Å². The van der Waals surface area contributed by atoms with Crippen LogP contribution in [0.3, 0.4) is 0 Å². The lowest BCUT2D eigenvalue weighted by Gasteiger charge is -2.13. The molecule has 0 saturated carbocycles. The molecule has 0 aliphatic rings. The van der Waals surface area contributed by atoms with E-state index in [4.69, 9.17) is 9.47 Å². The van der Waals surface area contributed by atoms with Gasteiger partial charge in [-0.1, -0.05) is 51.9 Å². The maximum atomic E-state index is 12.9. The third kappa shape index (κ3) is 9.74. The van der Waals surface area contributed by atoms with E-state index in [1.54, 1.807) is 48.5 Å². The van der Waals surface area contributed by atoms with Crippen molar-refractivity contribution in [3.63, 3.8) is 0 Å². The number of methoxy groups -OCH3 is 1. The molecule has 3 aromatic rings. The van der Waals surface area contributed by atoms with Crippen molar-refractivity contribution in [3.8, 4) is 11.5 Å². The zero-order valence-corrected chi connectivity index (χ0v) is 23.6. The highest BCUT2D eigenvalue weighted by molar-refractivity contribution is 6.08. The topological polar surface area (TPSA) is 89.5 Å². The molecular formula is C32H41N3O4. The fraction of sp³-hybridized carbons (Fsp3) is 0.406. The van der Waals surface area contributed by atoms with Crippen LogP contribution < -0.4 is 20.1 Å². The molecule has 2 amide bonds. The number of pyridine rings is 1. The van der Waals surface area contributed by atoms with Gasteiger partial charge in [-0.25, -0.2) is 4.98 Å². The first-order valence-corrected chi connectivity index (χ1v) is 13.9. The summed E-state index contributed by atoms with van der Waals surface area (Å²) in [4.78, 5) is 30.2. The summed E-state index contributed by atoms with van der Waals surface area (Å²) < 4.78 is 11.2. The summed E-state index contributed by atoms with van der Waals surface area (Å²) in [7, 11) is 1.52. The van der Waals surface area contributed by atoms with Gasteiger partial charge in [0.25, 0.3) is 11.8 Å². The van der Waals surface area contributed by atoms with Gasteiger partial charge in [-0.2, -0.15) is 0 Å². The molecule has 7 nitrogen and oxygen atoms in total. The number of amides is 2. The standard InChI is InChI=1S/C32H41N3O4/c1-5-6-7-8-9-10-11-12-19-39-27-16-13-25(14-17-27)31(36)34-28-22-26(15-18-29(28)38-4)32(37)35-30-21-23(2)20-24(3)33-30/h13-18,20-22H,5-12,19H2,1-4H3,(H,34,36)(H,33,35,37). The lowest BCUT2D eigenvalue weighted by molar-refractivity contribution is 0.101. The third-order valence-corrected chi connectivity index (χ3v) is 6.43. The Morgan fingerprint density at radius 3 is 2.08 bits per heavy atom. The number of carbonyl (C=O) groups excluding carboxylic acids is 2. The molecule has 7 heteroatoms. The van der Waals surface area contributed by atoms with E-state index in [-0.39, 0.29) is 11.8 Å². The van der Waals surface area contributed by atoms with Crippen LogP contribution in [0.15, 0.2) is 54.6 Å². The number of carbonyl (C=O) groups is 2. The van der Waals surface area contributed by atoms with Crippen molar-refractivity contribution in [2.75, 3.05) is 24.4 Å². The van der Waals surface area contributed by atoms with E-state index >= 15 is 0 Å². The first kappa shape index (κ1) is 29.7. The second-order valence-corrected chi connectivity index (χ2v) is 9.84. The van der Waals surface area contributed by atoms with E-state index < -0.39 is 0 Å². The SMILES string of the molecule is CCCCCCCCCCOc1ccc(C(=O)Nc2cc(C(=O)Nc3cc(C)cc(C)n3)ccc2OC)cc1. The van der Waals surface area contributed by atoms with Crippen molar-refractivity contribution in [1.82, 2.24) is 4.98 Å². The average molecular weight is 532 g/mol. The number of nitrogens with one attached hydrogen (secondary N) is 2. The van der Waals surface area contributed by atoms with Gasteiger partial charge in [-0.15, -0.1) is 0 Å². The molecule has 0 aliphatic heterocycles. The number of benzene rings is 2. The number of nitrogens with zero attached hydrogens (tertiary/aromatic N) is 1. The number of aromatic nitrogens is 1. The minimum atomic E-state index is -0.330. The van der Waals surface area contributed by atoms with Gasteiger partial charge in [0.15, 0.2) is 0 Å². The number of rotatable bonds is 15. The molecule has 2 N–H and O–H groups in total. The number of hydrogen-bond donors (Lipinski definition) is 2. The predicted molar refractivity (Wildman–Crippen MR) is 157 cm³/mol. The van der Waals surface area contributed by atoms with Crippen LogP contribution in [-0.4, -0.2) is 30.5 Å². The second-order valence-electron chi connectivity index (χ2n) is 9.84. The predicted octanol–water partition coefficient (Wildman–Crippen LogP) is 7.73. The van der Waals surface area contributed by atoms with Gasteiger partial charge in [0.05, 0.1) is 19.4 Å². The Morgan fingerprint density at radius 2 is 1.41 bits per heavy atom. The first-order chi connectivity index (χ1) is 18.9. The van der Waals surface area contributed by atoms with E-state index in [9.17, 15) is 9.59 Å². The Bertz CT molecular complexity index is 1200. The van der Waals surface area contributed by atoms with E-state index in [1.807, 2.05) is 19.9 Å². The van der Waals surface area contributed by atoms with Crippen molar-refractivity contribution in [2.45, 2.75) is 72.1 Å². The molecule has 0 spiro atoms. The van der Waals surface area contributed by atoms with Crippen LogP contribution in [0, 0.1) is 13.8 Å². The van der Waals surface area contributed by atoms with Crippen LogP contribution in [0.1, 0.15) is 90.3 Å². The Labute approximate surface area is 232 Å². The molecule has 0 unspecified atom stereocenters. The maximum Gasteiger partial charge on any atom is 0.256 e. The highest BCUT2D eigenvalue weighted by atomic mass is 16.5. The highest BCUT2D eigenvalue weighted by Crippen LogP contribution is 2.27. The summed E-state index contributed by atoms with van der Waals surface area (Å²) in [5.74, 6) is 1.03. The van der Waals surface area contributed by atoms with Crippen molar-refractivity contribution in [2.24, 2.45) is 0 Å². The molecule has 0 bridgehead atoms. The fourth-order valence-corrected chi connectivity index (χ4v) is 4.36. The summed E-state index contributed by atoms with van der Waals surface area (Å²) in [6.45, 7) is 6.73. The van der Waals surface area contributed by atoms with E-state index in [2.05, 4.69) is 22.5 Å². The molecule has 0 fully saturated rings. The Balaban J connectivity index is 1.53. The molecule has 2 aromatic carbocycles. The minimum absolute atomic E-state index is 0.309. The van der Waals surface area contributed by atoms with Gasteiger partial charge in [0.2, 0.25) is 0 Å². The fourth-order valence-electron chi connectivity index (χ4n) is 4.36. The zero-order valence-electron chi connectivity index (χ0n) is 23.6. The van der Waals surface area contributed by atoms with Crippen molar-refractivity contribution >= 4 is 23.3 Å². The molecule has 0 saturated heterocycles. The number of unbranched alkanes of at least 4 members (excludes halogenated alkanes) is 7. The third-order valence-electron chi connectivity index (χ3n) is 6.43. The molecule has 0 aliphatic carbocycles. The van der Waals surface area contributed by atoms with Gasteiger partial charge < -0.3 is 20.1 Å². The van der Waals surface area contributed by atoms with Crippen LogP contribution in [0.2, 0.25) is 0 Å². The highest BCUT2D eigenvalue weighted by Gasteiger charge is 2.15. The van der Waals surface area contributed by atoms with Gasteiger partial charge in [0, 0.05) is 16.8 Å². The lowest BCUT2D eigenvalue weighted by Crippen LogP contribution is -2.16. The van der Waals surface area contributed by atoms with E-state index in [0.717, 1.165) is 23.4 Å². The van der Waals surface area contributed by atoms with Crippen LogP contribution >= 0.6 is 0 Å². The number of anilines is 2. The van der Waals surface area contributed by atoms with Crippen molar-refractivity contribution in [3.05, 3.63) is 77.0 Å². The monoisotopic (exact) mass is 531 g/mol. The number of hydrogen-bond acceptors (Lipinski definition) is 5. The van der Waals surface area contributed by atoms with E-state index in [0.29, 0.717) is 35.0 Å². The number of ether oxygens (including phenoxy) is 2. The quantitative estimate of drug-likeness (QED) is 0.196. The van der Waals surface area contributed by atoms with Crippen molar-refractivity contribution < 1.29 is 19.1 Å². The van der Waals surface area contributed by atoms with Crippen molar-refractivity contribution in [1.29, 1.82) is 0 Å². The largest absolute Gasteiger partial charge is 0.495 e. The Hall–Kier alpha value is -3.87. The molecule has 208 valence electrons. The minimum Gasteiger partial charge on any atom is -0.495 e. The van der Waals surface area contributed by atoms with Crippen LogP contribution in [0.5, 0.6) is 11.5 Å². The molecular weight excluding hydrogens is 490 g/mol.